The number of nitrogens with one attached hydrogen (secondary N) is 3. The molecule has 0 spiro atoms. The highest BCUT2D eigenvalue weighted by Crippen LogP contribution is 2.39. The van der Waals surface area contributed by atoms with Crippen molar-refractivity contribution in [1.29, 1.82) is 0 Å². The van der Waals surface area contributed by atoms with Crippen LogP contribution in [-0.2, 0) is 17.6 Å². The molecule has 0 bridgehead atoms. The lowest BCUT2D eigenvalue weighted by Crippen LogP contribution is -2.32. The molecule has 33 heavy (non-hydrogen) atoms. The molecular weight excluding hydrogens is 410 g/mol. The normalized spacial score (nSPS) is 14.2. The molecule has 5 rings (SSSR count). The van der Waals surface area contributed by atoms with Gasteiger partial charge < -0.3 is 15.6 Å². The molecule has 1 fully saturated rings. The number of benzene rings is 2. The van der Waals surface area contributed by atoms with Crippen molar-refractivity contribution < 1.29 is 4.79 Å². The van der Waals surface area contributed by atoms with Crippen molar-refractivity contribution in [3.05, 3.63) is 89.0 Å². The average Bonchev–Trinajstić information content (AvgIpc) is 3.60. The molecule has 1 atom stereocenters. The summed E-state index contributed by atoms with van der Waals surface area (Å²) in [4.78, 5) is 26.0. The third-order valence-electron chi connectivity index (χ3n) is 6.20. The lowest BCUT2D eigenvalue weighted by Gasteiger charge is -2.20. The van der Waals surface area contributed by atoms with Gasteiger partial charge in [-0.2, -0.15) is 0 Å². The minimum atomic E-state index is -0.255. The summed E-state index contributed by atoms with van der Waals surface area (Å²) in [6.45, 7) is 2.04. The van der Waals surface area contributed by atoms with Crippen molar-refractivity contribution >= 4 is 22.6 Å². The first-order valence-corrected chi connectivity index (χ1v) is 11.6. The number of H-pyrrole nitrogens is 1. The molecule has 4 aromatic rings. The van der Waals surface area contributed by atoms with Crippen LogP contribution in [0.5, 0.6) is 0 Å². The Hall–Kier alpha value is -3.67. The number of aromatic amines is 1. The quantitative estimate of drug-likeness (QED) is 0.367. The largest absolute Gasteiger partial charge is 0.373 e. The van der Waals surface area contributed by atoms with E-state index in [1.165, 1.54) is 5.39 Å². The molecule has 0 radical (unpaired) electrons. The third-order valence-corrected chi connectivity index (χ3v) is 6.20. The summed E-state index contributed by atoms with van der Waals surface area (Å²) in [7, 11) is 1.87. The van der Waals surface area contributed by atoms with E-state index in [4.69, 9.17) is 4.98 Å². The maximum Gasteiger partial charge on any atom is 0.224 e. The number of carbonyl (C=O) groups is 1. The number of fused-ring (bicyclic) bond motifs is 1. The second-order valence-corrected chi connectivity index (χ2v) is 8.91. The molecular formula is C27H29N5O. The van der Waals surface area contributed by atoms with E-state index in [-0.39, 0.29) is 11.9 Å². The maximum atomic E-state index is 13.1. The number of rotatable bonds is 8. The molecule has 6 heteroatoms. The molecule has 2 heterocycles. The lowest BCUT2D eigenvalue weighted by atomic mass is 10.0. The summed E-state index contributed by atoms with van der Waals surface area (Å²) in [6, 6.07) is 18.0. The van der Waals surface area contributed by atoms with E-state index < -0.39 is 0 Å². The van der Waals surface area contributed by atoms with Crippen molar-refractivity contribution in [2.24, 2.45) is 0 Å². The summed E-state index contributed by atoms with van der Waals surface area (Å²) in [5, 5.41) is 7.60. The number of hydrogen-bond donors (Lipinski definition) is 3. The zero-order chi connectivity index (χ0) is 22.8. The first-order valence-electron chi connectivity index (χ1n) is 11.6. The molecule has 0 aliphatic heterocycles. The Morgan fingerprint density at radius 3 is 2.76 bits per heavy atom. The van der Waals surface area contributed by atoms with E-state index in [2.05, 4.69) is 38.8 Å². The Labute approximate surface area is 193 Å². The minimum Gasteiger partial charge on any atom is -0.373 e. The van der Waals surface area contributed by atoms with Gasteiger partial charge >= 0.3 is 0 Å². The van der Waals surface area contributed by atoms with Crippen molar-refractivity contribution in [2.45, 2.75) is 44.6 Å². The zero-order valence-electron chi connectivity index (χ0n) is 19.1. The summed E-state index contributed by atoms with van der Waals surface area (Å²) in [5.41, 5.74) is 5.26. The van der Waals surface area contributed by atoms with Gasteiger partial charge in [0.05, 0.1) is 18.2 Å². The Bertz CT molecular complexity index is 1290. The summed E-state index contributed by atoms with van der Waals surface area (Å²) in [5.74, 6) is 2.07. The standard InChI is InChI=1S/C27H29N5O/c1-17-6-5-7-18(12-17)13-26(33)30-23(14-20-16-29-22-9-4-3-8-21(20)22)24-15-25(28-2)32-27(31-24)19-10-11-19/h3-9,12,15-16,19,23,29H,10-11,13-14H2,1-2H3,(H,30,33)(H,28,31,32). The van der Waals surface area contributed by atoms with Crippen molar-refractivity contribution in [2.75, 3.05) is 12.4 Å². The van der Waals surface area contributed by atoms with Gasteiger partial charge in [0.1, 0.15) is 11.6 Å². The number of aromatic nitrogens is 3. The predicted molar refractivity (Wildman–Crippen MR) is 131 cm³/mol. The molecule has 2 aromatic carbocycles. The van der Waals surface area contributed by atoms with E-state index >= 15 is 0 Å². The van der Waals surface area contributed by atoms with E-state index in [1.807, 2.05) is 56.6 Å². The van der Waals surface area contributed by atoms with Crippen LogP contribution in [0.1, 0.15) is 53.0 Å². The third kappa shape index (κ3) is 4.90. The molecule has 6 nitrogen and oxygen atoms in total. The Morgan fingerprint density at radius 2 is 1.97 bits per heavy atom. The average molecular weight is 440 g/mol. The molecule has 1 aliphatic rings. The number of aryl methyl sites for hydroxylation is 1. The van der Waals surface area contributed by atoms with Gasteiger partial charge in [-0.05, 0) is 37.0 Å². The molecule has 0 saturated heterocycles. The predicted octanol–water partition coefficient (Wildman–Crippen LogP) is 4.83. The van der Waals surface area contributed by atoms with Crippen LogP contribution >= 0.6 is 0 Å². The zero-order valence-corrected chi connectivity index (χ0v) is 19.1. The van der Waals surface area contributed by atoms with Crippen LogP contribution in [-0.4, -0.2) is 27.9 Å². The first-order chi connectivity index (χ1) is 16.1. The molecule has 1 aliphatic carbocycles. The van der Waals surface area contributed by atoms with E-state index in [1.54, 1.807) is 0 Å². The smallest absolute Gasteiger partial charge is 0.224 e. The summed E-state index contributed by atoms with van der Waals surface area (Å²) in [6.07, 6.45) is 5.27. The van der Waals surface area contributed by atoms with Crippen LogP contribution in [0.15, 0.2) is 60.8 Å². The van der Waals surface area contributed by atoms with Gasteiger partial charge in [-0.15, -0.1) is 0 Å². The number of para-hydroxylation sites is 1. The van der Waals surface area contributed by atoms with Gasteiger partial charge in [-0.25, -0.2) is 9.97 Å². The van der Waals surface area contributed by atoms with Gasteiger partial charge in [0.25, 0.3) is 0 Å². The minimum absolute atomic E-state index is 0.0111. The van der Waals surface area contributed by atoms with Gasteiger partial charge in [0.15, 0.2) is 0 Å². The van der Waals surface area contributed by atoms with Crippen LogP contribution in [0.25, 0.3) is 10.9 Å². The van der Waals surface area contributed by atoms with Crippen molar-refractivity contribution in [3.8, 4) is 0 Å². The SMILES string of the molecule is CNc1cc(C(Cc2c[nH]c3ccccc23)NC(=O)Cc2cccc(C)c2)nc(C2CC2)n1. The van der Waals surface area contributed by atoms with E-state index in [0.29, 0.717) is 18.8 Å². The highest BCUT2D eigenvalue weighted by Gasteiger charge is 2.29. The van der Waals surface area contributed by atoms with E-state index in [9.17, 15) is 4.79 Å². The van der Waals surface area contributed by atoms with Crippen LogP contribution < -0.4 is 10.6 Å². The number of anilines is 1. The van der Waals surface area contributed by atoms with Crippen LogP contribution in [0.3, 0.4) is 0 Å². The topological polar surface area (TPSA) is 82.7 Å². The Morgan fingerprint density at radius 1 is 1.12 bits per heavy atom. The van der Waals surface area contributed by atoms with Gasteiger partial charge in [-0.3, -0.25) is 4.79 Å². The van der Waals surface area contributed by atoms with Crippen LogP contribution in [0.4, 0.5) is 5.82 Å². The highest BCUT2D eigenvalue weighted by atomic mass is 16.1. The molecule has 168 valence electrons. The fourth-order valence-corrected chi connectivity index (χ4v) is 4.32. The highest BCUT2D eigenvalue weighted by molar-refractivity contribution is 5.83. The summed E-state index contributed by atoms with van der Waals surface area (Å²) >= 11 is 0. The Kier molecular flexibility index (Phi) is 5.82. The van der Waals surface area contributed by atoms with Crippen molar-refractivity contribution in [1.82, 2.24) is 20.3 Å². The fourth-order valence-electron chi connectivity index (χ4n) is 4.32. The molecule has 3 N–H and O–H groups in total. The van der Waals surface area contributed by atoms with Crippen molar-refractivity contribution in [3.63, 3.8) is 0 Å². The van der Waals surface area contributed by atoms with Gasteiger partial charge in [0.2, 0.25) is 5.91 Å². The Balaban J connectivity index is 1.46. The second kappa shape index (κ2) is 9.06. The first kappa shape index (κ1) is 21.2. The molecule has 1 unspecified atom stereocenters. The summed E-state index contributed by atoms with van der Waals surface area (Å²) < 4.78 is 0. The molecule has 1 saturated carbocycles. The maximum absolute atomic E-state index is 13.1. The monoisotopic (exact) mass is 439 g/mol. The lowest BCUT2D eigenvalue weighted by molar-refractivity contribution is -0.121. The number of amides is 1. The van der Waals surface area contributed by atoms with E-state index in [0.717, 1.165) is 52.4 Å². The number of carbonyl (C=O) groups excluding carboxylic acids is 1. The van der Waals surface area contributed by atoms with Crippen LogP contribution in [0, 0.1) is 6.92 Å². The number of hydrogen-bond acceptors (Lipinski definition) is 4. The molecule has 1 amide bonds. The fraction of sp³-hybridized carbons (Fsp3) is 0.296. The van der Waals surface area contributed by atoms with Crippen LogP contribution in [0.2, 0.25) is 0 Å². The molecule has 2 aromatic heterocycles. The number of nitrogens with zero attached hydrogens (tertiary/aromatic N) is 2. The second-order valence-electron chi connectivity index (χ2n) is 8.91. The van der Waals surface area contributed by atoms with Gasteiger partial charge in [0, 0.05) is 42.6 Å². The van der Waals surface area contributed by atoms with Gasteiger partial charge in [-0.1, -0.05) is 48.0 Å².